The van der Waals surface area contributed by atoms with Crippen LogP contribution >= 0.6 is 0 Å². The number of nitrogens with zero attached hydrogens (tertiary/aromatic N) is 1. The molecule has 0 aliphatic carbocycles. The lowest BCUT2D eigenvalue weighted by molar-refractivity contribution is -0.118. The van der Waals surface area contributed by atoms with Crippen LogP contribution in [0.15, 0.2) is 24.3 Å². The monoisotopic (exact) mass is 318 g/mol. The van der Waals surface area contributed by atoms with E-state index in [9.17, 15) is 9.59 Å². The predicted octanol–water partition coefficient (Wildman–Crippen LogP) is 2.31. The molecule has 4 N–H and O–H groups in total. The van der Waals surface area contributed by atoms with E-state index in [0.29, 0.717) is 5.69 Å². The standard InChI is InChI=1S/C17H26N4O2/c1-12(2)15(20-17(18)23)16(22)19-13-6-8-14(9-7-13)21-10-4-3-5-11-21/h6-9,12,15H,3-5,10-11H2,1-2H3,(H,19,22)(H3,18,20,23). The first-order chi connectivity index (χ1) is 11.0. The summed E-state index contributed by atoms with van der Waals surface area (Å²) in [6.07, 6.45) is 3.76. The van der Waals surface area contributed by atoms with Crippen molar-refractivity contribution in [2.75, 3.05) is 23.3 Å². The maximum atomic E-state index is 12.3. The minimum atomic E-state index is -0.695. The smallest absolute Gasteiger partial charge is 0.312 e. The Morgan fingerprint density at radius 2 is 1.70 bits per heavy atom. The van der Waals surface area contributed by atoms with Crippen molar-refractivity contribution in [1.29, 1.82) is 0 Å². The fourth-order valence-corrected chi connectivity index (χ4v) is 2.82. The lowest BCUT2D eigenvalue weighted by Crippen LogP contribution is -2.49. The van der Waals surface area contributed by atoms with Crippen LogP contribution in [-0.4, -0.2) is 31.1 Å². The number of hydrogen-bond donors (Lipinski definition) is 3. The van der Waals surface area contributed by atoms with Crippen molar-refractivity contribution in [2.45, 2.75) is 39.2 Å². The van der Waals surface area contributed by atoms with Gasteiger partial charge in [0.05, 0.1) is 0 Å². The van der Waals surface area contributed by atoms with Gasteiger partial charge >= 0.3 is 6.03 Å². The number of hydrogen-bond acceptors (Lipinski definition) is 3. The van der Waals surface area contributed by atoms with Crippen LogP contribution < -0.4 is 21.3 Å². The molecular formula is C17H26N4O2. The summed E-state index contributed by atoms with van der Waals surface area (Å²) < 4.78 is 0. The van der Waals surface area contributed by atoms with Gasteiger partial charge in [0.15, 0.2) is 0 Å². The number of rotatable bonds is 5. The van der Waals surface area contributed by atoms with Gasteiger partial charge in [-0.3, -0.25) is 4.79 Å². The van der Waals surface area contributed by atoms with Gasteiger partial charge in [-0.1, -0.05) is 13.8 Å². The number of piperidine rings is 1. The summed E-state index contributed by atoms with van der Waals surface area (Å²) in [7, 11) is 0. The van der Waals surface area contributed by atoms with Gasteiger partial charge in [0.2, 0.25) is 5.91 Å². The third kappa shape index (κ3) is 4.87. The molecule has 1 heterocycles. The van der Waals surface area contributed by atoms with Crippen LogP contribution in [0.2, 0.25) is 0 Å². The number of urea groups is 1. The highest BCUT2D eigenvalue weighted by Crippen LogP contribution is 2.22. The van der Waals surface area contributed by atoms with Crippen LogP contribution in [0.4, 0.5) is 16.2 Å². The maximum Gasteiger partial charge on any atom is 0.312 e. The zero-order valence-electron chi connectivity index (χ0n) is 13.8. The van der Waals surface area contributed by atoms with E-state index in [0.717, 1.165) is 13.1 Å². The summed E-state index contributed by atoms with van der Waals surface area (Å²) in [5, 5.41) is 5.31. The number of benzene rings is 1. The number of amides is 3. The molecule has 1 aliphatic rings. The van der Waals surface area contributed by atoms with E-state index in [-0.39, 0.29) is 11.8 Å². The molecule has 1 atom stereocenters. The molecule has 3 amide bonds. The molecule has 6 heteroatoms. The Morgan fingerprint density at radius 3 is 2.22 bits per heavy atom. The van der Waals surface area contributed by atoms with Gasteiger partial charge in [-0.15, -0.1) is 0 Å². The van der Waals surface area contributed by atoms with Crippen LogP contribution in [0, 0.1) is 5.92 Å². The average molecular weight is 318 g/mol. The summed E-state index contributed by atoms with van der Waals surface area (Å²) in [6.45, 7) is 5.90. The quantitative estimate of drug-likeness (QED) is 0.778. The second-order valence-corrected chi connectivity index (χ2v) is 6.31. The summed E-state index contributed by atoms with van der Waals surface area (Å²) in [5.41, 5.74) is 7.02. The SMILES string of the molecule is CC(C)C(NC(N)=O)C(=O)Nc1ccc(N2CCCCC2)cc1. The van der Waals surface area contributed by atoms with Gasteiger partial charge < -0.3 is 21.3 Å². The van der Waals surface area contributed by atoms with E-state index < -0.39 is 12.1 Å². The van der Waals surface area contributed by atoms with E-state index >= 15 is 0 Å². The Kier molecular flexibility index (Phi) is 5.84. The zero-order chi connectivity index (χ0) is 16.8. The van der Waals surface area contributed by atoms with Gasteiger partial charge in [0, 0.05) is 24.5 Å². The lowest BCUT2D eigenvalue weighted by atomic mass is 10.0. The molecule has 126 valence electrons. The van der Waals surface area contributed by atoms with E-state index in [2.05, 4.69) is 15.5 Å². The first kappa shape index (κ1) is 17.1. The molecule has 1 fully saturated rings. The second kappa shape index (κ2) is 7.85. The molecule has 1 saturated heterocycles. The van der Waals surface area contributed by atoms with Crippen molar-refractivity contribution in [3.63, 3.8) is 0 Å². The molecule has 1 aromatic carbocycles. The van der Waals surface area contributed by atoms with Crippen molar-refractivity contribution in [3.8, 4) is 0 Å². The third-order valence-electron chi connectivity index (χ3n) is 4.10. The number of nitrogens with one attached hydrogen (secondary N) is 2. The Labute approximate surface area is 137 Å². The second-order valence-electron chi connectivity index (χ2n) is 6.31. The minimum absolute atomic E-state index is 0.0462. The van der Waals surface area contributed by atoms with E-state index in [1.807, 2.05) is 38.1 Å². The summed E-state index contributed by atoms with van der Waals surface area (Å²) in [4.78, 5) is 25.7. The van der Waals surface area contributed by atoms with Crippen molar-refractivity contribution >= 4 is 23.3 Å². The molecular weight excluding hydrogens is 292 g/mol. The van der Waals surface area contributed by atoms with Crippen molar-refractivity contribution in [1.82, 2.24) is 5.32 Å². The topological polar surface area (TPSA) is 87.5 Å². The Hall–Kier alpha value is -2.24. The predicted molar refractivity (Wildman–Crippen MR) is 92.5 cm³/mol. The molecule has 1 aliphatic heterocycles. The van der Waals surface area contributed by atoms with Gasteiger partial charge in [-0.2, -0.15) is 0 Å². The first-order valence-corrected chi connectivity index (χ1v) is 8.19. The van der Waals surface area contributed by atoms with Gasteiger partial charge in [0.1, 0.15) is 6.04 Å². The zero-order valence-corrected chi connectivity index (χ0v) is 13.8. The minimum Gasteiger partial charge on any atom is -0.372 e. The highest BCUT2D eigenvalue weighted by atomic mass is 16.2. The number of nitrogens with two attached hydrogens (primary N) is 1. The molecule has 0 bridgehead atoms. The fraction of sp³-hybridized carbons (Fsp3) is 0.529. The normalized spacial score (nSPS) is 16.0. The van der Waals surface area contributed by atoms with Crippen molar-refractivity contribution in [2.24, 2.45) is 11.7 Å². The molecule has 0 radical (unpaired) electrons. The molecule has 0 aromatic heterocycles. The third-order valence-corrected chi connectivity index (χ3v) is 4.10. The lowest BCUT2D eigenvalue weighted by Gasteiger charge is -2.29. The molecule has 6 nitrogen and oxygen atoms in total. The van der Waals surface area contributed by atoms with Crippen LogP contribution in [0.1, 0.15) is 33.1 Å². The summed E-state index contributed by atoms with van der Waals surface area (Å²) in [6, 6.07) is 6.49. The molecule has 0 saturated carbocycles. The number of anilines is 2. The highest BCUT2D eigenvalue weighted by molar-refractivity contribution is 5.97. The molecule has 0 spiro atoms. The number of primary amides is 1. The Balaban J connectivity index is 1.98. The van der Waals surface area contributed by atoms with Crippen LogP contribution in [0.5, 0.6) is 0 Å². The highest BCUT2D eigenvalue weighted by Gasteiger charge is 2.23. The maximum absolute atomic E-state index is 12.3. The Morgan fingerprint density at radius 1 is 1.09 bits per heavy atom. The summed E-state index contributed by atoms with van der Waals surface area (Å²) >= 11 is 0. The largest absolute Gasteiger partial charge is 0.372 e. The molecule has 1 unspecified atom stereocenters. The van der Waals surface area contributed by atoms with Crippen LogP contribution in [0.3, 0.4) is 0 Å². The van der Waals surface area contributed by atoms with E-state index in [4.69, 9.17) is 5.73 Å². The Bertz CT molecular complexity index is 536. The average Bonchev–Trinajstić information content (AvgIpc) is 2.53. The number of carbonyl (C=O) groups is 2. The molecule has 1 aromatic rings. The van der Waals surface area contributed by atoms with Crippen LogP contribution in [0.25, 0.3) is 0 Å². The molecule has 2 rings (SSSR count). The first-order valence-electron chi connectivity index (χ1n) is 8.19. The fourth-order valence-electron chi connectivity index (χ4n) is 2.82. The van der Waals surface area contributed by atoms with E-state index in [1.165, 1.54) is 24.9 Å². The van der Waals surface area contributed by atoms with Crippen molar-refractivity contribution < 1.29 is 9.59 Å². The molecule has 23 heavy (non-hydrogen) atoms. The van der Waals surface area contributed by atoms with Gasteiger partial charge in [-0.25, -0.2) is 4.79 Å². The van der Waals surface area contributed by atoms with Crippen molar-refractivity contribution in [3.05, 3.63) is 24.3 Å². The number of carbonyl (C=O) groups excluding carboxylic acids is 2. The van der Waals surface area contributed by atoms with Gasteiger partial charge in [0.25, 0.3) is 0 Å². The van der Waals surface area contributed by atoms with Crippen LogP contribution in [-0.2, 0) is 4.79 Å². The van der Waals surface area contributed by atoms with Gasteiger partial charge in [-0.05, 0) is 49.4 Å². The van der Waals surface area contributed by atoms with E-state index in [1.54, 1.807) is 0 Å². The summed E-state index contributed by atoms with van der Waals surface area (Å²) in [5.74, 6) is -0.306.